The summed E-state index contributed by atoms with van der Waals surface area (Å²) in [7, 11) is -2.56. The van der Waals surface area contributed by atoms with E-state index in [4.69, 9.17) is 4.43 Å². The van der Waals surface area contributed by atoms with Crippen LogP contribution in [-0.2, 0) is 11.0 Å². The van der Waals surface area contributed by atoms with Gasteiger partial charge in [-0.25, -0.2) is 4.79 Å². The van der Waals surface area contributed by atoms with Crippen LogP contribution in [0.1, 0.15) is 59.4 Å². The van der Waals surface area contributed by atoms with E-state index in [9.17, 15) is 9.90 Å². The minimum Gasteiger partial charge on any atom is -0.465 e. The van der Waals surface area contributed by atoms with E-state index in [1.165, 1.54) is 10.4 Å². The van der Waals surface area contributed by atoms with Crippen LogP contribution in [0.3, 0.4) is 0 Å². The van der Waals surface area contributed by atoms with Crippen LogP contribution < -0.4 is 10.4 Å². The van der Waals surface area contributed by atoms with Gasteiger partial charge in [0.25, 0.3) is 8.32 Å². The summed E-state index contributed by atoms with van der Waals surface area (Å²) in [5.41, 5.74) is 1.04. The van der Waals surface area contributed by atoms with Gasteiger partial charge in [0.2, 0.25) is 0 Å². The lowest BCUT2D eigenvalue weighted by Crippen LogP contribution is -2.66. The van der Waals surface area contributed by atoms with Gasteiger partial charge in [0.05, 0.1) is 0 Å². The van der Waals surface area contributed by atoms with Crippen molar-refractivity contribution in [2.45, 2.75) is 71.5 Å². The first-order valence-electron chi connectivity index (χ1n) is 14.4. The number of rotatable bonds is 12. The van der Waals surface area contributed by atoms with Gasteiger partial charge < -0.3 is 14.4 Å². The fourth-order valence-corrected chi connectivity index (χ4v) is 10.9. The van der Waals surface area contributed by atoms with Crippen LogP contribution in [0.5, 0.6) is 0 Å². The average Bonchev–Trinajstić information content (AvgIpc) is 3.68. The average molecular weight is 544 g/mol. The second-order valence-corrected chi connectivity index (χ2v) is 16.9. The normalized spacial score (nSPS) is 18.1. The van der Waals surface area contributed by atoms with Crippen LogP contribution in [0.2, 0.25) is 5.04 Å². The van der Waals surface area contributed by atoms with E-state index < -0.39 is 14.4 Å². The maximum atomic E-state index is 12.4. The molecule has 3 aromatic rings. The number of amides is 1. The van der Waals surface area contributed by atoms with E-state index in [1.807, 2.05) is 30.3 Å². The van der Waals surface area contributed by atoms with Crippen molar-refractivity contribution in [1.29, 1.82) is 0 Å². The highest BCUT2D eigenvalue weighted by Gasteiger charge is 2.51. The SMILES string of the molecule is CC(C)C[C@@H](C1CC1CCO[Si](c1ccccc1)(c1ccccc1)C(C)(C)C)N(Cc1ccccc1)C(=O)O. The Hall–Kier alpha value is -2.89. The molecule has 0 aliphatic heterocycles. The Bertz CT molecular complexity index is 1140. The van der Waals surface area contributed by atoms with E-state index >= 15 is 0 Å². The maximum Gasteiger partial charge on any atom is 0.407 e. The Kier molecular flexibility index (Phi) is 9.34. The Morgan fingerprint density at radius 3 is 1.90 bits per heavy atom. The van der Waals surface area contributed by atoms with Gasteiger partial charge in [0.1, 0.15) is 0 Å². The van der Waals surface area contributed by atoms with E-state index in [2.05, 4.69) is 95.3 Å². The van der Waals surface area contributed by atoms with Crippen LogP contribution in [0.15, 0.2) is 91.0 Å². The predicted molar refractivity (Wildman–Crippen MR) is 163 cm³/mol. The topological polar surface area (TPSA) is 49.8 Å². The molecular formula is C34H45NO3Si. The Morgan fingerprint density at radius 2 is 1.44 bits per heavy atom. The minimum absolute atomic E-state index is 0.0283. The molecule has 3 aromatic carbocycles. The molecule has 0 bridgehead atoms. The third kappa shape index (κ3) is 6.82. The third-order valence-corrected chi connectivity index (χ3v) is 13.3. The number of benzene rings is 3. The van der Waals surface area contributed by atoms with Crippen molar-refractivity contribution < 1.29 is 14.3 Å². The summed E-state index contributed by atoms with van der Waals surface area (Å²) in [6.07, 6.45) is 2.09. The highest BCUT2D eigenvalue weighted by molar-refractivity contribution is 6.99. The molecule has 0 heterocycles. The molecule has 5 heteroatoms. The van der Waals surface area contributed by atoms with Gasteiger partial charge >= 0.3 is 6.09 Å². The fraction of sp³-hybridized carbons (Fsp3) is 0.441. The molecule has 0 aromatic heterocycles. The predicted octanol–water partition coefficient (Wildman–Crippen LogP) is 7.18. The molecule has 39 heavy (non-hydrogen) atoms. The van der Waals surface area contributed by atoms with Gasteiger partial charge in [0, 0.05) is 19.2 Å². The molecule has 4 nitrogen and oxygen atoms in total. The highest BCUT2D eigenvalue weighted by atomic mass is 28.4. The number of hydrogen-bond acceptors (Lipinski definition) is 2. The molecule has 3 atom stereocenters. The number of carbonyl (C=O) groups is 1. The van der Waals surface area contributed by atoms with Crippen LogP contribution in [0.25, 0.3) is 0 Å². The van der Waals surface area contributed by atoms with Crippen LogP contribution in [-0.4, -0.2) is 37.1 Å². The van der Waals surface area contributed by atoms with Gasteiger partial charge in [-0.15, -0.1) is 0 Å². The number of nitrogens with zero attached hydrogens (tertiary/aromatic N) is 1. The summed E-state index contributed by atoms with van der Waals surface area (Å²) in [5.74, 6) is 1.31. The van der Waals surface area contributed by atoms with Crippen molar-refractivity contribution in [2.24, 2.45) is 17.8 Å². The zero-order valence-electron chi connectivity index (χ0n) is 24.2. The maximum absolute atomic E-state index is 12.4. The van der Waals surface area contributed by atoms with Crippen molar-refractivity contribution in [2.75, 3.05) is 6.61 Å². The lowest BCUT2D eigenvalue weighted by atomic mass is 9.96. The summed E-state index contributed by atoms with van der Waals surface area (Å²) < 4.78 is 7.14. The zero-order chi connectivity index (χ0) is 28.0. The molecule has 0 radical (unpaired) electrons. The standard InChI is InChI=1S/C34H45NO3Si/c1-26(2)23-32(35(33(36)37)25-27-15-9-6-10-16-27)31-24-28(31)21-22-38-39(34(3,4)5,29-17-11-7-12-18-29)30-19-13-8-14-20-30/h6-20,26,28,31-32H,21-25H2,1-5H3,(H,36,37)/t28?,31?,32-/m0/s1. The third-order valence-electron chi connectivity index (χ3n) is 8.25. The van der Waals surface area contributed by atoms with Crippen LogP contribution in [0, 0.1) is 17.8 Å². The van der Waals surface area contributed by atoms with Crippen molar-refractivity contribution in [3.63, 3.8) is 0 Å². The molecule has 1 aliphatic carbocycles. The first-order valence-corrected chi connectivity index (χ1v) is 16.3. The Balaban J connectivity index is 1.52. The molecule has 1 saturated carbocycles. The monoisotopic (exact) mass is 543 g/mol. The van der Waals surface area contributed by atoms with Gasteiger partial charge in [-0.3, -0.25) is 0 Å². The molecule has 1 aliphatic rings. The van der Waals surface area contributed by atoms with Gasteiger partial charge in [-0.2, -0.15) is 0 Å². The molecule has 1 amide bonds. The molecule has 0 spiro atoms. The van der Waals surface area contributed by atoms with Crippen molar-refractivity contribution in [3.8, 4) is 0 Å². The molecule has 208 valence electrons. The first-order chi connectivity index (χ1) is 18.6. The lowest BCUT2D eigenvalue weighted by Gasteiger charge is -2.43. The quantitative estimate of drug-likeness (QED) is 0.246. The molecular weight excluding hydrogens is 498 g/mol. The largest absolute Gasteiger partial charge is 0.465 e. The molecule has 1 fully saturated rings. The van der Waals surface area contributed by atoms with Gasteiger partial charge in [-0.1, -0.05) is 126 Å². The number of carboxylic acid groups (broad SMARTS) is 1. The molecule has 2 unspecified atom stereocenters. The Labute approximate surface area is 236 Å². The van der Waals surface area contributed by atoms with Crippen molar-refractivity contribution >= 4 is 24.8 Å². The van der Waals surface area contributed by atoms with Gasteiger partial charge in [-0.05, 0) is 58.0 Å². The van der Waals surface area contributed by atoms with E-state index in [-0.39, 0.29) is 11.1 Å². The summed E-state index contributed by atoms with van der Waals surface area (Å²) in [4.78, 5) is 14.1. The summed E-state index contributed by atoms with van der Waals surface area (Å²) in [6, 6.07) is 31.6. The van der Waals surface area contributed by atoms with E-state index in [0.717, 1.165) is 24.8 Å². The highest BCUT2D eigenvalue weighted by Crippen LogP contribution is 2.48. The summed E-state index contributed by atoms with van der Waals surface area (Å²) in [5, 5.41) is 12.8. The second kappa shape index (κ2) is 12.5. The smallest absolute Gasteiger partial charge is 0.407 e. The molecule has 4 rings (SSSR count). The lowest BCUT2D eigenvalue weighted by molar-refractivity contribution is 0.103. The number of hydrogen-bond donors (Lipinski definition) is 1. The van der Waals surface area contributed by atoms with Gasteiger partial charge in [0.15, 0.2) is 0 Å². The zero-order valence-corrected chi connectivity index (χ0v) is 25.2. The minimum atomic E-state index is -2.56. The van der Waals surface area contributed by atoms with E-state index in [0.29, 0.717) is 30.9 Å². The summed E-state index contributed by atoms with van der Waals surface area (Å²) in [6.45, 7) is 12.5. The van der Waals surface area contributed by atoms with Crippen molar-refractivity contribution in [1.82, 2.24) is 4.90 Å². The molecule has 0 saturated heterocycles. The van der Waals surface area contributed by atoms with Crippen LogP contribution >= 0.6 is 0 Å². The van der Waals surface area contributed by atoms with Crippen molar-refractivity contribution in [3.05, 3.63) is 96.6 Å². The first kappa shape index (κ1) is 29.1. The Morgan fingerprint density at radius 1 is 0.923 bits per heavy atom. The fourth-order valence-electron chi connectivity index (χ4n) is 6.32. The molecule has 1 N–H and O–H groups in total. The summed E-state index contributed by atoms with van der Waals surface area (Å²) >= 11 is 0. The second-order valence-electron chi connectivity index (χ2n) is 12.6. The van der Waals surface area contributed by atoms with E-state index in [1.54, 1.807) is 4.90 Å². The van der Waals surface area contributed by atoms with Crippen LogP contribution in [0.4, 0.5) is 4.79 Å².